The number of imidazole rings is 2. The Balaban J connectivity index is 1.53. The molecule has 3 heteroatoms. The summed E-state index contributed by atoms with van der Waals surface area (Å²) in [6, 6.07) is 40.1. The largest absolute Gasteiger partial charge is 0.277 e. The maximum Gasteiger partial charge on any atom is 0.220 e. The normalized spacial score (nSPS) is 12.6. The quantitative estimate of drug-likeness (QED) is 0.232. The van der Waals surface area contributed by atoms with Gasteiger partial charge in [-0.3, -0.25) is 8.80 Å². The summed E-state index contributed by atoms with van der Waals surface area (Å²) < 4.78 is 4.76. The van der Waals surface area contributed by atoms with Crippen LogP contribution in [0.3, 0.4) is 0 Å². The van der Waals surface area contributed by atoms with Gasteiger partial charge < -0.3 is 0 Å². The second-order valence-electron chi connectivity index (χ2n) is 11.1. The molecule has 184 valence electrons. The van der Waals surface area contributed by atoms with Gasteiger partial charge in [0.05, 0.1) is 27.6 Å². The van der Waals surface area contributed by atoms with Crippen LogP contribution in [0.25, 0.3) is 76.8 Å². The molecule has 0 bridgehead atoms. The van der Waals surface area contributed by atoms with Gasteiger partial charge in [0.2, 0.25) is 5.78 Å². The van der Waals surface area contributed by atoms with Crippen LogP contribution in [0.1, 0.15) is 25.3 Å². The van der Waals surface area contributed by atoms with Crippen molar-refractivity contribution in [3.8, 4) is 11.1 Å². The Hall–Kier alpha value is -4.89. The van der Waals surface area contributed by atoms with Crippen molar-refractivity contribution >= 4 is 65.7 Å². The van der Waals surface area contributed by atoms with Crippen LogP contribution >= 0.6 is 0 Å². The molecule has 9 aromatic rings. The Labute approximate surface area is 224 Å². The number of benzene rings is 6. The van der Waals surface area contributed by atoms with E-state index in [4.69, 9.17) is 4.98 Å². The summed E-state index contributed by atoms with van der Waals surface area (Å²) in [6.07, 6.45) is 0. The first-order valence-electron chi connectivity index (χ1n) is 13.7. The standard InChI is InChI=1S/C36H25N3/c1-21(2)27-13-7-8-14-28(27)26-16-30-29-15-22-9-3-5-11-24(22)18-32(29)39-35(30)34(20-26)38-33-19-25-12-6-4-10-23(25)17-31(33)37-36(38)39/h3-21H,1-2H3. The molecular weight excluding hydrogens is 474 g/mol. The van der Waals surface area contributed by atoms with Gasteiger partial charge in [-0.15, -0.1) is 0 Å². The monoisotopic (exact) mass is 499 g/mol. The van der Waals surface area contributed by atoms with Crippen molar-refractivity contribution in [2.24, 2.45) is 0 Å². The molecule has 9 rings (SSSR count). The van der Waals surface area contributed by atoms with Crippen LogP contribution in [0.5, 0.6) is 0 Å². The lowest BCUT2D eigenvalue weighted by molar-refractivity contribution is 0.869. The minimum atomic E-state index is 0.437. The van der Waals surface area contributed by atoms with E-state index in [-0.39, 0.29) is 0 Å². The lowest BCUT2D eigenvalue weighted by Gasteiger charge is -2.13. The van der Waals surface area contributed by atoms with E-state index < -0.39 is 0 Å². The Morgan fingerprint density at radius 3 is 1.95 bits per heavy atom. The van der Waals surface area contributed by atoms with Crippen LogP contribution < -0.4 is 0 Å². The van der Waals surface area contributed by atoms with Crippen molar-refractivity contribution in [1.82, 2.24) is 13.8 Å². The molecule has 0 atom stereocenters. The first kappa shape index (κ1) is 21.1. The number of fused-ring (bicyclic) bond motifs is 10. The Kier molecular flexibility index (Phi) is 3.98. The van der Waals surface area contributed by atoms with Gasteiger partial charge in [-0.2, -0.15) is 0 Å². The minimum Gasteiger partial charge on any atom is -0.277 e. The Morgan fingerprint density at radius 1 is 0.564 bits per heavy atom. The van der Waals surface area contributed by atoms with Gasteiger partial charge in [-0.1, -0.05) is 86.6 Å². The van der Waals surface area contributed by atoms with Crippen molar-refractivity contribution in [3.05, 3.63) is 115 Å². The zero-order chi connectivity index (χ0) is 25.8. The Bertz CT molecular complexity index is 2420. The molecule has 0 aliphatic rings. The number of rotatable bonds is 2. The van der Waals surface area contributed by atoms with E-state index in [1.54, 1.807) is 0 Å². The molecule has 0 radical (unpaired) electrons. The van der Waals surface area contributed by atoms with Crippen LogP contribution in [0.2, 0.25) is 0 Å². The first-order valence-corrected chi connectivity index (χ1v) is 13.7. The van der Waals surface area contributed by atoms with Crippen molar-refractivity contribution in [2.45, 2.75) is 19.8 Å². The first-order chi connectivity index (χ1) is 19.2. The summed E-state index contributed by atoms with van der Waals surface area (Å²) >= 11 is 0. The molecule has 0 unspecified atom stereocenters. The van der Waals surface area contributed by atoms with Gasteiger partial charge >= 0.3 is 0 Å². The van der Waals surface area contributed by atoms with Gasteiger partial charge in [0.15, 0.2) is 0 Å². The molecule has 0 aliphatic heterocycles. The zero-order valence-electron chi connectivity index (χ0n) is 21.8. The molecule has 0 fully saturated rings. The van der Waals surface area contributed by atoms with E-state index >= 15 is 0 Å². The summed E-state index contributed by atoms with van der Waals surface area (Å²) in [7, 11) is 0. The Morgan fingerprint density at radius 2 is 1.21 bits per heavy atom. The molecule has 0 amide bonds. The summed E-state index contributed by atoms with van der Waals surface area (Å²) in [5, 5.41) is 7.52. The average molecular weight is 500 g/mol. The van der Waals surface area contributed by atoms with Crippen molar-refractivity contribution in [1.29, 1.82) is 0 Å². The number of hydrogen-bond acceptors (Lipinski definition) is 1. The van der Waals surface area contributed by atoms with Crippen LogP contribution in [-0.2, 0) is 0 Å². The summed E-state index contributed by atoms with van der Waals surface area (Å²) in [5.74, 6) is 1.41. The van der Waals surface area contributed by atoms with Crippen LogP contribution in [0, 0.1) is 0 Å². The summed E-state index contributed by atoms with van der Waals surface area (Å²) in [4.78, 5) is 5.26. The van der Waals surface area contributed by atoms with Crippen LogP contribution in [0.4, 0.5) is 0 Å². The highest BCUT2D eigenvalue weighted by atomic mass is 15.2. The predicted octanol–water partition coefficient (Wildman–Crippen LogP) is 9.58. The van der Waals surface area contributed by atoms with Crippen molar-refractivity contribution in [3.63, 3.8) is 0 Å². The second-order valence-corrected chi connectivity index (χ2v) is 11.1. The number of aromatic nitrogens is 3. The zero-order valence-corrected chi connectivity index (χ0v) is 21.8. The molecule has 3 aromatic heterocycles. The molecule has 0 aliphatic carbocycles. The van der Waals surface area contributed by atoms with E-state index in [0.717, 1.165) is 16.8 Å². The molecule has 3 heterocycles. The predicted molar refractivity (Wildman–Crippen MR) is 164 cm³/mol. The fourth-order valence-electron chi connectivity index (χ4n) is 6.74. The third-order valence-corrected chi connectivity index (χ3v) is 8.55. The fraction of sp³-hybridized carbons (Fsp3) is 0.0833. The lowest BCUT2D eigenvalue weighted by Crippen LogP contribution is -1.92. The highest BCUT2D eigenvalue weighted by molar-refractivity contribution is 6.20. The lowest BCUT2D eigenvalue weighted by atomic mass is 9.91. The highest BCUT2D eigenvalue weighted by Gasteiger charge is 2.23. The minimum absolute atomic E-state index is 0.437. The molecule has 6 aromatic carbocycles. The van der Waals surface area contributed by atoms with E-state index in [0.29, 0.717) is 5.92 Å². The average Bonchev–Trinajstić information content (AvgIpc) is 3.59. The van der Waals surface area contributed by atoms with Gasteiger partial charge in [-0.05, 0) is 80.6 Å². The third-order valence-electron chi connectivity index (χ3n) is 8.55. The maximum atomic E-state index is 5.26. The van der Waals surface area contributed by atoms with Crippen molar-refractivity contribution < 1.29 is 0 Å². The maximum absolute atomic E-state index is 5.26. The topological polar surface area (TPSA) is 21.7 Å². The third kappa shape index (κ3) is 2.74. The van der Waals surface area contributed by atoms with Crippen LogP contribution in [-0.4, -0.2) is 13.8 Å². The molecule has 0 spiro atoms. The second kappa shape index (κ2) is 7.36. The summed E-state index contributed by atoms with van der Waals surface area (Å²) in [6.45, 7) is 4.56. The van der Waals surface area contributed by atoms with Gasteiger partial charge in [-0.25, -0.2) is 4.98 Å². The van der Waals surface area contributed by atoms with Gasteiger partial charge in [0, 0.05) is 10.8 Å². The molecule has 39 heavy (non-hydrogen) atoms. The summed E-state index contributed by atoms with van der Waals surface area (Å²) in [5.41, 5.74) is 9.75. The van der Waals surface area contributed by atoms with E-state index in [1.165, 1.54) is 65.6 Å². The molecule has 0 saturated carbocycles. The van der Waals surface area contributed by atoms with E-state index in [2.05, 4.69) is 132 Å². The molecule has 0 N–H and O–H groups in total. The molecular formula is C36H25N3. The van der Waals surface area contributed by atoms with Gasteiger partial charge in [0.1, 0.15) is 0 Å². The fourth-order valence-corrected chi connectivity index (χ4v) is 6.74. The van der Waals surface area contributed by atoms with E-state index in [1.807, 2.05) is 0 Å². The van der Waals surface area contributed by atoms with Crippen LogP contribution in [0.15, 0.2) is 109 Å². The van der Waals surface area contributed by atoms with Gasteiger partial charge in [0.25, 0.3) is 0 Å². The molecule has 0 saturated heterocycles. The van der Waals surface area contributed by atoms with E-state index in [9.17, 15) is 0 Å². The van der Waals surface area contributed by atoms with Crippen molar-refractivity contribution in [2.75, 3.05) is 0 Å². The number of hydrogen-bond donors (Lipinski definition) is 0. The molecule has 3 nitrogen and oxygen atoms in total. The smallest absolute Gasteiger partial charge is 0.220 e. The SMILES string of the molecule is CC(C)c1ccccc1-c1cc2c3cc4ccccc4cc3n3c2c(c1)n1c2cc4ccccc4cc2nc13. The number of nitrogens with zero attached hydrogens (tertiary/aromatic N) is 3. The highest BCUT2D eigenvalue weighted by Crippen LogP contribution is 2.42.